The summed E-state index contributed by atoms with van der Waals surface area (Å²) in [5.74, 6) is 6.51. The molecule has 0 saturated carbocycles. The Morgan fingerprint density at radius 2 is 1.78 bits per heavy atom. The molecule has 4 heterocycles. The van der Waals surface area contributed by atoms with Crippen molar-refractivity contribution in [2.75, 3.05) is 56.9 Å². The quantitative estimate of drug-likeness (QED) is 0.223. The van der Waals surface area contributed by atoms with Gasteiger partial charge in [0.1, 0.15) is 5.82 Å². The van der Waals surface area contributed by atoms with Gasteiger partial charge in [-0.1, -0.05) is 37.0 Å². The third kappa shape index (κ3) is 7.85. The Balaban J connectivity index is 1.17. The molecule has 2 aliphatic heterocycles. The maximum Gasteiger partial charge on any atom is 0.416 e. The molecular formula is C38H40F3N7O2. The number of hydrogen-bond donors (Lipinski definition) is 3. The summed E-state index contributed by atoms with van der Waals surface area (Å²) in [6, 6.07) is 15.0. The lowest BCUT2D eigenvalue weighted by atomic mass is 10.0. The molecule has 1 saturated heterocycles. The third-order valence-corrected chi connectivity index (χ3v) is 9.32. The van der Waals surface area contributed by atoms with Gasteiger partial charge in [0.05, 0.1) is 28.8 Å². The van der Waals surface area contributed by atoms with Crippen molar-refractivity contribution in [3.05, 3.63) is 99.9 Å². The Bertz CT molecular complexity index is 1970. The van der Waals surface area contributed by atoms with Crippen molar-refractivity contribution >= 4 is 23.3 Å². The van der Waals surface area contributed by atoms with Crippen molar-refractivity contribution in [1.82, 2.24) is 24.7 Å². The van der Waals surface area contributed by atoms with E-state index in [0.29, 0.717) is 47.7 Å². The molecule has 2 amide bonds. The number of rotatable bonds is 8. The smallest absolute Gasteiger partial charge is 0.373 e. The number of piperazine rings is 1. The van der Waals surface area contributed by atoms with E-state index in [9.17, 15) is 22.8 Å². The Hall–Kier alpha value is -5.12. The number of nitrogens with zero attached hydrogens (tertiary/aromatic N) is 4. The molecule has 0 radical (unpaired) electrons. The fraction of sp³-hybridized carbons (Fsp3) is 0.342. The third-order valence-electron chi connectivity index (χ3n) is 9.32. The Morgan fingerprint density at radius 1 is 1.00 bits per heavy atom. The summed E-state index contributed by atoms with van der Waals surface area (Å²) in [5, 5.41) is 8.60. The van der Waals surface area contributed by atoms with Gasteiger partial charge in [0, 0.05) is 88.5 Å². The number of carbonyl (C=O) groups is 2. The van der Waals surface area contributed by atoms with E-state index in [1.807, 2.05) is 34.7 Å². The highest BCUT2D eigenvalue weighted by Crippen LogP contribution is 2.35. The molecule has 0 aliphatic carbocycles. The van der Waals surface area contributed by atoms with Gasteiger partial charge in [-0.3, -0.25) is 14.5 Å². The molecule has 12 heteroatoms. The van der Waals surface area contributed by atoms with Gasteiger partial charge in [0.25, 0.3) is 5.91 Å². The van der Waals surface area contributed by atoms with E-state index in [1.165, 1.54) is 12.1 Å². The van der Waals surface area contributed by atoms with Crippen molar-refractivity contribution in [3.63, 3.8) is 0 Å². The fourth-order valence-corrected chi connectivity index (χ4v) is 6.54. The Morgan fingerprint density at radius 3 is 2.50 bits per heavy atom. The van der Waals surface area contributed by atoms with Crippen molar-refractivity contribution < 1.29 is 22.8 Å². The van der Waals surface area contributed by atoms with Crippen LogP contribution in [0.3, 0.4) is 0 Å². The topological polar surface area (TPSA) is 94.5 Å². The minimum absolute atomic E-state index is 0.0407. The van der Waals surface area contributed by atoms with Gasteiger partial charge in [-0.2, -0.15) is 13.2 Å². The molecule has 6 rings (SSSR count). The van der Waals surface area contributed by atoms with E-state index in [-0.39, 0.29) is 30.1 Å². The summed E-state index contributed by atoms with van der Waals surface area (Å²) in [6.45, 7) is 6.88. The van der Waals surface area contributed by atoms with E-state index in [4.69, 9.17) is 0 Å². The van der Waals surface area contributed by atoms with Crippen LogP contribution >= 0.6 is 0 Å². The first-order chi connectivity index (χ1) is 24.0. The second-order valence-corrected chi connectivity index (χ2v) is 12.6. The number of amides is 2. The van der Waals surface area contributed by atoms with Crippen molar-refractivity contribution in [1.29, 1.82) is 0 Å². The van der Waals surface area contributed by atoms with Crippen LogP contribution in [0.4, 0.5) is 24.7 Å². The average molecular weight is 684 g/mol. The summed E-state index contributed by atoms with van der Waals surface area (Å²) in [7, 11) is 3.72. The maximum absolute atomic E-state index is 14.1. The van der Waals surface area contributed by atoms with E-state index in [1.54, 1.807) is 31.4 Å². The number of anilines is 2. The van der Waals surface area contributed by atoms with Crippen LogP contribution in [-0.2, 0) is 37.4 Å². The molecule has 2 aliphatic rings. The predicted octanol–water partition coefficient (Wildman–Crippen LogP) is 5.15. The highest BCUT2D eigenvalue weighted by Gasteiger charge is 2.34. The van der Waals surface area contributed by atoms with Gasteiger partial charge in [-0.05, 0) is 54.1 Å². The van der Waals surface area contributed by atoms with Gasteiger partial charge in [0.15, 0.2) is 0 Å². The first-order valence-electron chi connectivity index (χ1n) is 16.7. The van der Waals surface area contributed by atoms with Crippen molar-refractivity contribution in [2.45, 2.75) is 32.5 Å². The molecule has 3 N–H and O–H groups in total. The molecule has 2 aromatic carbocycles. The molecule has 2 aromatic heterocycles. The summed E-state index contributed by atoms with van der Waals surface area (Å²) in [5.41, 5.74) is 4.82. The fourth-order valence-electron chi connectivity index (χ4n) is 6.54. The second kappa shape index (κ2) is 14.8. The van der Waals surface area contributed by atoms with Crippen LogP contribution in [0.2, 0.25) is 0 Å². The molecule has 0 atom stereocenters. The van der Waals surface area contributed by atoms with E-state index in [2.05, 4.69) is 44.6 Å². The van der Waals surface area contributed by atoms with Gasteiger partial charge >= 0.3 is 6.18 Å². The molecule has 0 bridgehead atoms. The molecule has 50 heavy (non-hydrogen) atoms. The molecule has 4 aromatic rings. The number of hydrogen-bond acceptors (Lipinski definition) is 6. The lowest BCUT2D eigenvalue weighted by molar-refractivity contribution is -0.138. The monoisotopic (exact) mass is 683 g/mol. The van der Waals surface area contributed by atoms with Crippen molar-refractivity contribution in [3.8, 4) is 23.1 Å². The minimum Gasteiger partial charge on any atom is -0.373 e. The number of carbonyl (C=O) groups excluding carboxylic acids is 2. The number of pyridine rings is 1. The van der Waals surface area contributed by atoms with Crippen LogP contribution in [0, 0.1) is 11.8 Å². The SMILES string of the molecule is CCN1CCN(Cc2ccc(NC(=O)Cc3cccc(C#Cc4cnc(NC)cc4-c4cc5c(n4C)CCNC5=O)c3)cc2C(F)(F)F)CC1. The van der Waals surface area contributed by atoms with E-state index in [0.717, 1.165) is 49.1 Å². The highest BCUT2D eigenvalue weighted by atomic mass is 19.4. The minimum atomic E-state index is -4.55. The molecule has 0 unspecified atom stereocenters. The van der Waals surface area contributed by atoms with E-state index >= 15 is 0 Å². The first-order valence-corrected chi connectivity index (χ1v) is 16.7. The molecule has 0 spiro atoms. The zero-order valence-electron chi connectivity index (χ0n) is 28.4. The Labute approximate surface area is 289 Å². The van der Waals surface area contributed by atoms with Gasteiger partial charge in [-0.15, -0.1) is 0 Å². The molecular weight excluding hydrogens is 643 g/mol. The number of halogens is 3. The number of fused-ring (bicyclic) bond motifs is 1. The number of aromatic nitrogens is 2. The average Bonchev–Trinajstić information content (AvgIpc) is 3.45. The summed E-state index contributed by atoms with van der Waals surface area (Å²) in [4.78, 5) is 34.3. The van der Waals surface area contributed by atoms with Crippen LogP contribution in [0.25, 0.3) is 11.3 Å². The van der Waals surface area contributed by atoms with Crippen LogP contribution in [0.15, 0.2) is 60.8 Å². The van der Waals surface area contributed by atoms with E-state index < -0.39 is 17.6 Å². The molecule has 9 nitrogen and oxygen atoms in total. The van der Waals surface area contributed by atoms with Crippen LogP contribution in [0.1, 0.15) is 50.8 Å². The zero-order valence-corrected chi connectivity index (χ0v) is 28.4. The van der Waals surface area contributed by atoms with Gasteiger partial charge < -0.3 is 25.4 Å². The lowest BCUT2D eigenvalue weighted by Gasteiger charge is -2.34. The van der Waals surface area contributed by atoms with Crippen LogP contribution < -0.4 is 16.0 Å². The summed E-state index contributed by atoms with van der Waals surface area (Å²) >= 11 is 0. The molecule has 260 valence electrons. The van der Waals surface area contributed by atoms with Gasteiger partial charge in [-0.25, -0.2) is 4.98 Å². The number of nitrogens with one attached hydrogen (secondary N) is 3. The van der Waals surface area contributed by atoms with Crippen LogP contribution in [-0.4, -0.2) is 77.5 Å². The first kappa shape index (κ1) is 34.7. The molecule has 1 fully saturated rings. The maximum atomic E-state index is 14.1. The summed E-state index contributed by atoms with van der Waals surface area (Å²) < 4.78 is 44.3. The predicted molar refractivity (Wildman–Crippen MR) is 188 cm³/mol. The zero-order chi connectivity index (χ0) is 35.4. The lowest BCUT2D eigenvalue weighted by Crippen LogP contribution is -2.45. The normalized spacial score (nSPS) is 15.1. The van der Waals surface area contributed by atoms with Crippen molar-refractivity contribution in [2.24, 2.45) is 7.05 Å². The Kier molecular flexibility index (Phi) is 10.3. The summed E-state index contributed by atoms with van der Waals surface area (Å²) in [6.07, 6.45) is -2.18. The number of alkyl halides is 3. The highest BCUT2D eigenvalue weighted by molar-refractivity contribution is 5.98. The van der Waals surface area contributed by atoms with Crippen LogP contribution in [0.5, 0.6) is 0 Å². The number of likely N-dealkylation sites (N-methyl/N-ethyl adjacent to an activating group) is 1. The largest absolute Gasteiger partial charge is 0.416 e. The van der Waals surface area contributed by atoms with Gasteiger partial charge in [0.2, 0.25) is 5.91 Å². The second-order valence-electron chi connectivity index (χ2n) is 12.6. The number of benzene rings is 2. The standard InChI is InChI=1S/C38H40F3N7O2/c1-4-47-14-16-48(17-15-47)24-28-10-11-29(20-32(28)38(39,40)41)45-36(49)19-26-7-5-6-25(18-26)8-9-27-23-44-35(42-2)22-30(27)34-21-31-33(46(34)3)12-13-43-37(31)50/h5-7,10-11,18,20-23H,4,12-17,19,24H2,1-3H3,(H,42,44)(H,43,50)(H,45,49).